The maximum absolute atomic E-state index is 10.6. The van der Waals surface area contributed by atoms with Crippen LogP contribution < -0.4 is 0 Å². The minimum atomic E-state index is 0.274. The molecule has 0 radical (unpaired) electrons. The second-order valence-corrected chi connectivity index (χ2v) is 2.86. The first-order valence-corrected chi connectivity index (χ1v) is 4.23. The smallest absolute Gasteiger partial charge is 0.129 e. The van der Waals surface area contributed by atoms with E-state index in [1.807, 2.05) is 0 Å². The fourth-order valence-electron chi connectivity index (χ4n) is 1.07. The Balaban J connectivity index is 3.28. The summed E-state index contributed by atoms with van der Waals surface area (Å²) in [6, 6.07) is 0. The summed E-state index contributed by atoms with van der Waals surface area (Å²) < 4.78 is 5.17. The molecule has 0 N–H and O–H groups in total. The second kappa shape index (κ2) is 6.35. The zero-order valence-electron chi connectivity index (χ0n) is 7.72. The van der Waals surface area contributed by atoms with Gasteiger partial charge in [0.15, 0.2) is 0 Å². The fourth-order valence-corrected chi connectivity index (χ4v) is 1.07. The number of hydrogen-bond donors (Lipinski definition) is 0. The van der Waals surface area contributed by atoms with E-state index in [0.29, 0.717) is 12.5 Å². The molecule has 0 amide bonds. The van der Waals surface area contributed by atoms with E-state index in [0.717, 1.165) is 19.3 Å². The summed E-state index contributed by atoms with van der Waals surface area (Å²) in [6.07, 6.45) is 4.04. The van der Waals surface area contributed by atoms with Gasteiger partial charge in [0.2, 0.25) is 0 Å². The molecule has 0 bridgehead atoms. The highest BCUT2D eigenvalue weighted by Crippen LogP contribution is 2.07. The summed E-state index contributed by atoms with van der Waals surface area (Å²) in [6.45, 7) is 3.73. The van der Waals surface area contributed by atoms with Gasteiger partial charge in [-0.1, -0.05) is 6.92 Å². The van der Waals surface area contributed by atoms with Gasteiger partial charge in [-0.15, -0.1) is 0 Å². The molecule has 0 saturated carbocycles. The molecule has 0 aromatic rings. The highest BCUT2D eigenvalue weighted by atomic mass is 16.5. The van der Waals surface area contributed by atoms with Crippen LogP contribution in [0.25, 0.3) is 0 Å². The lowest BCUT2D eigenvalue weighted by Gasteiger charge is -2.11. The van der Waals surface area contributed by atoms with Gasteiger partial charge in [0, 0.05) is 13.5 Å². The number of ether oxygens (including phenoxy) is 1. The molecule has 0 aliphatic carbocycles. The molecule has 11 heavy (non-hydrogen) atoms. The predicted molar refractivity (Wildman–Crippen MR) is 45.6 cm³/mol. The molecule has 2 heteroatoms. The molecular formula is C9H18O2. The van der Waals surface area contributed by atoms with Crippen molar-refractivity contribution in [1.29, 1.82) is 0 Å². The first-order chi connectivity index (χ1) is 5.20. The Kier molecular flexibility index (Phi) is 6.13. The van der Waals surface area contributed by atoms with Crippen molar-refractivity contribution >= 4 is 5.78 Å². The van der Waals surface area contributed by atoms with Crippen LogP contribution in [-0.4, -0.2) is 19.0 Å². The van der Waals surface area contributed by atoms with Crippen molar-refractivity contribution in [1.82, 2.24) is 0 Å². The second-order valence-electron chi connectivity index (χ2n) is 2.86. The molecule has 2 nitrogen and oxygen atoms in total. The minimum absolute atomic E-state index is 0.274. The Labute approximate surface area is 68.9 Å². The SMILES string of the molecule is CCC(CCCC(C)=O)OC. The van der Waals surface area contributed by atoms with Gasteiger partial charge in [0.25, 0.3) is 0 Å². The van der Waals surface area contributed by atoms with Gasteiger partial charge in [0.05, 0.1) is 6.10 Å². The van der Waals surface area contributed by atoms with Crippen LogP contribution in [-0.2, 0) is 9.53 Å². The van der Waals surface area contributed by atoms with E-state index < -0.39 is 0 Å². The highest BCUT2D eigenvalue weighted by molar-refractivity contribution is 5.75. The summed E-state index contributed by atoms with van der Waals surface area (Å²) in [5.41, 5.74) is 0. The van der Waals surface area contributed by atoms with E-state index in [1.165, 1.54) is 0 Å². The summed E-state index contributed by atoms with van der Waals surface area (Å²) in [5.74, 6) is 0.274. The first-order valence-electron chi connectivity index (χ1n) is 4.23. The molecule has 0 spiro atoms. The van der Waals surface area contributed by atoms with Crippen molar-refractivity contribution in [3.63, 3.8) is 0 Å². The van der Waals surface area contributed by atoms with Gasteiger partial charge in [0.1, 0.15) is 5.78 Å². The van der Waals surface area contributed by atoms with Crippen LogP contribution >= 0.6 is 0 Å². The molecular weight excluding hydrogens is 140 g/mol. The standard InChI is InChI=1S/C9H18O2/c1-4-9(11-3)7-5-6-8(2)10/h9H,4-7H2,1-3H3. The maximum atomic E-state index is 10.6. The van der Waals surface area contributed by atoms with E-state index in [4.69, 9.17) is 4.74 Å². The Morgan fingerprint density at radius 1 is 1.55 bits per heavy atom. The number of ketones is 1. The molecule has 0 aliphatic rings. The Morgan fingerprint density at radius 3 is 2.55 bits per heavy atom. The Morgan fingerprint density at radius 2 is 2.18 bits per heavy atom. The van der Waals surface area contributed by atoms with Gasteiger partial charge in [-0.25, -0.2) is 0 Å². The number of carbonyl (C=O) groups excluding carboxylic acids is 1. The lowest BCUT2D eigenvalue weighted by Crippen LogP contribution is -2.08. The van der Waals surface area contributed by atoms with Gasteiger partial charge in [-0.2, -0.15) is 0 Å². The molecule has 0 aliphatic heterocycles. The highest BCUT2D eigenvalue weighted by Gasteiger charge is 2.03. The number of carbonyl (C=O) groups is 1. The van der Waals surface area contributed by atoms with Crippen molar-refractivity contribution < 1.29 is 9.53 Å². The van der Waals surface area contributed by atoms with E-state index >= 15 is 0 Å². The van der Waals surface area contributed by atoms with Crippen LogP contribution in [0.1, 0.15) is 39.5 Å². The topological polar surface area (TPSA) is 26.3 Å². The van der Waals surface area contributed by atoms with Crippen LogP contribution in [0.2, 0.25) is 0 Å². The van der Waals surface area contributed by atoms with E-state index in [2.05, 4.69) is 6.92 Å². The Bertz CT molecular complexity index is 106. The van der Waals surface area contributed by atoms with Crippen LogP contribution in [0.15, 0.2) is 0 Å². The number of hydrogen-bond acceptors (Lipinski definition) is 2. The normalized spacial score (nSPS) is 13.0. The summed E-state index contributed by atoms with van der Waals surface area (Å²) in [4.78, 5) is 10.6. The average Bonchev–Trinajstić information content (AvgIpc) is 1.98. The van der Waals surface area contributed by atoms with Crippen molar-refractivity contribution in [2.75, 3.05) is 7.11 Å². The molecule has 0 saturated heterocycles. The molecule has 66 valence electrons. The number of Topliss-reactive ketones (excluding diaryl/α,β-unsaturated/α-hetero) is 1. The van der Waals surface area contributed by atoms with Crippen molar-refractivity contribution in [2.45, 2.75) is 45.6 Å². The molecule has 0 aromatic carbocycles. The lowest BCUT2D eigenvalue weighted by atomic mass is 10.1. The predicted octanol–water partition coefficient (Wildman–Crippen LogP) is 2.17. The van der Waals surface area contributed by atoms with Gasteiger partial charge in [-0.05, 0) is 26.2 Å². The lowest BCUT2D eigenvalue weighted by molar-refractivity contribution is -0.117. The molecule has 1 atom stereocenters. The summed E-state index contributed by atoms with van der Waals surface area (Å²) >= 11 is 0. The monoisotopic (exact) mass is 158 g/mol. The van der Waals surface area contributed by atoms with E-state index in [9.17, 15) is 4.79 Å². The summed E-state index contributed by atoms with van der Waals surface area (Å²) in [5, 5.41) is 0. The van der Waals surface area contributed by atoms with E-state index in [1.54, 1.807) is 14.0 Å². The van der Waals surface area contributed by atoms with Crippen LogP contribution in [0.4, 0.5) is 0 Å². The number of rotatable bonds is 6. The van der Waals surface area contributed by atoms with Gasteiger partial charge < -0.3 is 9.53 Å². The van der Waals surface area contributed by atoms with Crippen LogP contribution in [0.3, 0.4) is 0 Å². The molecule has 1 unspecified atom stereocenters. The third-order valence-electron chi connectivity index (χ3n) is 1.84. The van der Waals surface area contributed by atoms with E-state index in [-0.39, 0.29) is 5.78 Å². The summed E-state index contributed by atoms with van der Waals surface area (Å²) in [7, 11) is 1.72. The average molecular weight is 158 g/mol. The molecule has 0 rings (SSSR count). The fraction of sp³-hybridized carbons (Fsp3) is 0.889. The largest absolute Gasteiger partial charge is 0.381 e. The third-order valence-corrected chi connectivity index (χ3v) is 1.84. The quantitative estimate of drug-likeness (QED) is 0.592. The zero-order chi connectivity index (χ0) is 8.69. The minimum Gasteiger partial charge on any atom is -0.381 e. The molecule has 0 heterocycles. The van der Waals surface area contributed by atoms with Crippen LogP contribution in [0, 0.1) is 0 Å². The van der Waals surface area contributed by atoms with Gasteiger partial charge in [-0.3, -0.25) is 0 Å². The maximum Gasteiger partial charge on any atom is 0.129 e. The van der Waals surface area contributed by atoms with Crippen molar-refractivity contribution in [3.8, 4) is 0 Å². The molecule has 0 fully saturated rings. The van der Waals surface area contributed by atoms with Crippen molar-refractivity contribution in [3.05, 3.63) is 0 Å². The molecule has 0 aromatic heterocycles. The first kappa shape index (κ1) is 10.6. The van der Waals surface area contributed by atoms with Crippen molar-refractivity contribution in [2.24, 2.45) is 0 Å². The zero-order valence-corrected chi connectivity index (χ0v) is 7.72. The van der Waals surface area contributed by atoms with Gasteiger partial charge >= 0.3 is 0 Å². The van der Waals surface area contributed by atoms with Crippen LogP contribution in [0.5, 0.6) is 0 Å². The Hall–Kier alpha value is -0.370. The number of methoxy groups -OCH3 is 1. The third kappa shape index (κ3) is 6.05.